The van der Waals surface area contributed by atoms with Crippen LogP contribution in [0.3, 0.4) is 0 Å². The Morgan fingerprint density at radius 1 is 0.909 bits per heavy atom. The van der Waals surface area contributed by atoms with Gasteiger partial charge >= 0.3 is 0 Å². The Morgan fingerprint density at radius 2 is 1.61 bits per heavy atom. The van der Waals surface area contributed by atoms with Gasteiger partial charge in [0.2, 0.25) is 0 Å². The number of nitrogens with one attached hydrogen (secondary N) is 1. The van der Waals surface area contributed by atoms with Crippen LogP contribution in [0.4, 0.5) is 5.69 Å². The van der Waals surface area contributed by atoms with Crippen molar-refractivity contribution in [2.45, 2.75) is 26.5 Å². The zero-order valence-corrected chi connectivity index (χ0v) is 19.9. The van der Waals surface area contributed by atoms with Crippen LogP contribution in [-0.4, -0.2) is 15.6 Å². The smallest absolute Gasteiger partial charge is 0.257 e. The van der Waals surface area contributed by atoms with Crippen LogP contribution in [0.1, 0.15) is 28.6 Å². The van der Waals surface area contributed by atoms with E-state index in [4.69, 9.17) is 23.2 Å². The topological polar surface area (TPSA) is 54.3 Å². The molecule has 4 rings (SSSR count). The van der Waals surface area contributed by atoms with E-state index in [9.17, 15) is 9.90 Å². The van der Waals surface area contributed by atoms with Crippen molar-refractivity contribution in [1.29, 1.82) is 0 Å². The molecule has 33 heavy (non-hydrogen) atoms. The van der Waals surface area contributed by atoms with E-state index in [2.05, 4.69) is 9.88 Å². The summed E-state index contributed by atoms with van der Waals surface area (Å²) in [6.45, 7) is 4.54. The zero-order chi connectivity index (χ0) is 23.5. The number of carbonyl (C=O) groups excluding carboxylic acids is 1. The highest BCUT2D eigenvalue weighted by Crippen LogP contribution is 2.37. The molecule has 1 atom stereocenters. The van der Waals surface area contributed by atoms with Crippen molar-refractivity contribution in [2.24, 2.45) is 0 Å². The molecule has 1 amide bonds. The highest BCUT2D eigenvalue weighted by Gasteiger charge is 2.28. The summed E-state index contributed by atoms with van der Waals surface area (Å²) in [6, 6.07) is 24.3. The Morgan fingerprint density at radius 3 is 2.27 bits per heavy atom. The fourth-order valence-electron chi connectivity index (χ4n) is 4.13. The number of rotatable bonds is 6. The second kappa shape index (κ2) is 9.84. The van der Waals surface area contributed by atoms with Crippen LogP contribution < -0.4 is 5.32 Å². The number of hydrogen-bond acceptors (Lipinski definition) is 2. The van der Waals surface area contributed by atoms with Gasteiger partial charge in [-0.3, -0.25) is 4.79 Å². The molecule has 1 unspecified atom stereocenters. The molecule has 0 radical (unpaired) electrons. The second-order valence-corrected chi connectivity index (χ2v) is 8.81. The maximum Gasteiger partial charge on any atom is 0.257 e. The fraction of sp³-hybridized carbons (Fsp3) is 0.148. The number of aliphatic hydroxyl groups is 1. The second-order valence-electron chi connectivity index (χ2n) is 7.94. The number of carbonyl (C=O) groups is 1. The molecule has 2 N–H and O–H groups in total. The molecule has 1 heterocycles. The Labute approximate surface area is 203 Å². The van der Waals surface area contributed by atoms with Crippen molar-refractivity contribution in [1.82, 2.24) is 4.57 Å². The highest BCUT2D eigenvalue weighted by atomic mass is 35.5. The van der Waals surface area contributed by atoms with Crippen molar-refractivity contribution in [2.75, 3.05) is 5.32 Å². The van der Waals surface area contributed by atoms with Gasteiger partial charge in [-0.1, -0.05) is 71.7 Å². The Kier molecular flexibility index (Phi) is 6.89. The van der Waals surface area contributed by atoms with Gasteiger partial charge in [0.1, 0.15) is 0 Å². The van der Waals surface area contributed by atoms with Crippen LogP contribution in [0, 0.1) is 13.8 Å². The predicted octanol–water partition coefficient (Wildman–Crippen LogP) is 6.80. The SMILES string of the molecule is Cc1c(-c2ccccc2)c(C(O)C(=O)Nc2cccc(Cl)c2)c(C)n1Cc1ccc(Cl)cc1. The van der Waals surface area contributed by atoms with Gasteiger partial charge in [-0.05, 0) is 55.3 Å². The lowest BCUT2D eigenvalue weighted by molar-refractivity contribution is -0.124. The van der Waals surface area contributed by atoms with E-state index < -0.39 is 12.0 Å². The normalized spacial score (nSPS) is 11.9. The number of nitrogens with zero attached hydrogens (tertiary/aromatic N) is 1. The summed E-state index contributed by atoms with van der Waals surface area (Å²) in [6.07, 6.45) is -1.36. The number of anilines is 1. The van der Waals surface area contributed by atoms with E-state index in [1.165, 1.54) is 0 Å². The molecular weight excluding hydrogens is 455 g/mol. The third-order valence-electron chi connectivity index (χ3n) is 5.76. The molecule has 0 aliphatic heterocycles. The Bertz CT molecular complexity index is 1280. The molecule has 0 fully saturated rings. The van der Waals surface area contributed by atoms with E-state index >= 15 is 0 Å². The molecule has 0 bridgehead atoms. The first-order chi connectivity index (χ1) is 15.8. The molecule has 168 valence electrons. The highest BCUT2D eigenvalue weighted by molar-refractivity contribution is 6.31. The maximum absolute atomic E-state index is 13.0. The summed E-state index contributed by atoms with van der Waals surface area (Å²) in [5, 5.41) is 15.2. The van der Waals surface area contributed by atoms with Gasteiger partial charge in [0.15, 0.2) is 6.10 Å². The van der Waals surface area contributed by atoms with Gasteiger partial charge in [0, 0.05) is 44.8 Å². The number of amides is 1. The summed E-state index contributed by atoms with van der Waals surface area (Å²) in [5.74, 6) is -0.513. The van der Waals surface area contributed by atoms with Crippen molar-refractivity contribution in [3.8, 4) is 11.1 Å². The van der Waals surface area contributed by atoms with E-state index in [-0.39, 0.29) is 0 Å². The molecule has 0 saturated carbocycles. The summed E-state index contributed by atoms with van der Waals surface area (Å²) in [7, 11) is 0. The molecule has 3 aromatic carbocycles. The quantitative estimate of drug-likeness (QED) is 0.320. The van der Waals surface area contributed by atoms with Crippen molar-refractivity contribution in [3.63, 3.8) is 0 Å². The van der Waals surface area contributed by atoms with Gasteiger partial charge in [-0.25, -0.2) is 0 Å². The molecule has 0 aliphatic rings. The number of aromatic nitrogens is 1. The van der Waals surface area contributed by atoms with Crippen molar-refractivity contribution >= 4 is 34.8 Å². The first kappa shape index (κ1) is 23.1. The van der Waals surface area contributed by atoms with E-state index in [0.717, 1.165) is 28.1 Å². The fourth-order valence-corrected chi connectivity index (χ4v) is 4.45. The van der Waals surface area contributed by atoms with Crippen LogP contribution in [0.15, 0.2) is 78.9 Å². The van der Waals surface area contributed by atoms with E-state index in [0.29, 0.717) is 27.8 Å². The first-order valence-electron chi connectivity index (χ1n) is 10.6. The summed E-state index contributed by atoms with van der Waals surface area (Å²) < 4.78 is 2.12. The van der Waals surface area contributed by atoms with Gasteiger partial charge in [-0.2, -0.15) is 0 Å². The van der Waals surface area contributed by atoms with Crippen LogP contribution in [0.5, 0.6) is 0 Å². The van der Waals surface area contributed by atoms with Crippen LogP contribution in [0.25, 0.3) is 11.1 Å². The summed E-state index contributed by atoms with van der Waals surface area (Å²) in [5.41, 5.74) is 5.79. The number of aliphatic hydroxyl groups excluding tert-OH is 1. The molecule has 4 aromatic rings. The number of hydrogen-bond donors (Lipinski definition) is 2. The van der Waals surface area contributed by atoms with Gasteiger partial charge < -0.3 is 15.0 Å². The third kappa shape index (κ3) is 4.98. The summed E-state index contributed by atoms with van der Waals surface area (Å²) in [4.78, 5) is 13.0. The standard InChI is InChI=1S/C27H24Cl2N2O2/c1-17-24(20-7-4-3-5-8-20)25(18(2)31(17)16-19-11-13-21(28)14-12-19)26(32)27(33)30-23-10-6-9-22(29)15-23/h3-15,26,32H,16H2,1-2H3,(H,30,33). The zero-order valence-electron chi connectivity index (χ0n) is 18.3. The Balaban J connectivity index is 1.76. The monoisotopic (exact) mass is 478 g/mol. The van der Waals surface area contributed by atoms with Crippen molar-refractivity contribution < 1.29 is 9.90 Å². The van der Waals surface area contributed by atoms with Gasteiger partial charge in [-0.15, -0.1) is 0 Å². The summed E-state index contributed by atoms with van der Waals surface area (Å²) >= 11 is 12.1. The minimum absolute atomic E-state index is 0.508. The van der Waals surface area contributed by atoms with E-state index in [1.807, 2.05) is 68.4 Å². The van der Waals surface area contributed by atoms with Crippen LogP contribution in [0.2, 0.25) is 10.0 Å². The number of halogens is 2. The minimum atomic E-state index is -1.36. The maximum atomic E-state index is 13.0. The van der Waals surface area contributed by atoms with Crippen molar-refractivity contribution in [3.05, 3.63) is 111 Å². The largest absolute Gasteiger partial charge is 0.378 e. The predicted molar refractivity (Wildman–Crippen MR) is 135 cm³/mol. The third-order valence-corrected chi connectivity index (χ3v) is 6.25. The van der Waals surface area contributed by atoms with Crippen LogP contribution in [-0.2, 0) is 11.3 Å². The first-order valence-corrected chi connectivity index (χ1v) is 11.3. The average molecular weight is 479 g/mol. The lowest BCUT2D eigenvalue weighted by Crippen LogP contribution is -2.21. The van der Waals surface area contributed by atoms with Gasteiger partial charge in [0.05, 0.1) is 0 Å². The molecule has 0 aliphatic carbocycles. The number of benzene rings is 3. The molecular formula is C27H24Cl2N2O2. The lowest BCUT2D eigenvalue weighted by atomic mass is 9.96. The molecule has 0 spiro atoms. The van der Waals surface area contributed by atoms with Crippen LogP contribution >= 0.6 is 23.2 Å². The van der Waals surface area contributed by atoms with E-state index in [1.54, 1.807) is 24.3 Å². The average Bonchev–Trinajstić information content (AvgIpc) is 3.05. The van der Waals surface area contributed by atoms with Gasteiger partial charge in [0.25, 0.3) is 5.91 Å². The molecule has 6 heteroatoms. The lowest BCUT2D eigenvalue weighted by Gasteiger charge is -2.15. The molecule has 4 nitrogen and oxygen atoms in total. The minimum Gasteiger partial charge on any atom is -0.378 e. The molecule has 1 aromatic heterocycles. The molecule has 0 saturated heterocycles. The Hall–Kier alpha value is -3.05.